The van der Waals surface area contributed by atoms with Crippen LogP contribution in [0, 0.1) is 0 Å². The van der Waals surface area contributed by atoms with Crippen LogP contribution in [0.15, 0.2) is 60.7 Å². The molecule has 190 valence electrons. The zero-order chi connectivity index (χ0) is 24.2. The monoisotopic (exact) mass is 466 g/mol. The van der Waals surface area contributed by atoms with E-state index in [1.165, 1.54) is 83.5 Å². The number of unbranched alkanes of at least 4 members (excludes halogenated alkanes) is 13. The Balaban J connectivity index is 2.00. The van der Waals surface area contributed by atoms with E-state index < -0.39 is 5.79 Å². The predicted octanol–water partition coefficient (Wildman–Crippen LogP) is 10.5. The van der Waals surface area contributed by atoms with E-state index in [1.807, 2.05) is 36.4 Å². The molecule has 0 radical (unpaired) electrons. The van der Waals surface area contributed by atoms with Gasteiger partial charge in [0.15, 0.2) is 0 Å². The summed E-state index contributed by atoms with van der Waals surface area (Å²) in [5.74, 6) is 1.20. The summed E-state index contributed by atoms with van der Waals surface area (Å²) in [7, 11) is 0. The van der Waals surface area contributed by atoms with Crippen molar-refractivity contribution in [3.05, 3.63) is 60.7 Å². The molecule has 2 heteroatoms. The zero-order valence-corrected chi connectivity index (χ0v) is 22.1. The molecule has 0 bridgehead atoms. The molecular formula is C32H50O2. The summed E-state index contributed by atoms with van der Waals surface area (Å²) in [5.41, 5.74) is 0. The molecule has 2 nitrogen and oxygen atoms in total. The van der Waals surface area contributed by atoms with E-state index in [1.54, 1.807) is 0 Å². The van der Waals surface area contributed by atoms with Gasteiger partial charge in [-0.05, 0) is 37.1 Å². The minimum absolute atomic E-state index is 0.603. The number of para-hydroxylation sites is 2. The highest BCUT2D eigenvalue weighted by atomic mass is 16.7. The Kier molecular flexibility index (Phi) is 15.3. The van der Waals surface area contributed by atoms with Crippen molar-refractivity contribution in [2.75, 3.05) is 0 Å². The summed E-state index contributed by atoms with van der Waals surface area (Å²) >= 11 is 0. The first-order valence-corrected chi connectivity index (χ1v) is 14.3. The van der Waals surface area contributed by atoms with Crippen molar-refractivity contribution >= 4 is 0 Å². The predicted molar refractivity (Wildman–Crippen MR) is 147 cm³/mol. The van der Waals surface area contributed by atoms with Crippen molar-refractivity contribution in [2.24, 2.45) is 0 Å². The van der Waals surface area contributed by atoms with E-state index in [0.29, 0.717) is 0 Å². The maximum atomic E-state index is 6.69. The summed E-state index contributed by atoms with van der Waals surface area (Å²) in [5, 5.41) is 0. The molecule has 34 heavy (non-hydrogen) atoms. The lowest BCUT2D eigenvalue weighted by Crippen LogP contribution is -2.42. The van der Waals surface area contributed by atoms with Crippen molar-refractivity contribution in [3.63, 3.8) is 0 Å². The molecule has 0 aliphatic heterocycles. The highest BCUT2D eigenvalue weighted by Gasteiger charge is 2.34. The Labute approximate surface area is 210 Å². The number of hydrogen-bond acceptors (Lipinski definition) is 2. The van der Waals surface area contributed by atoms with E-state index in [0.717, 1.165) is 37.2 Å². The van der Waals surface area contributed by atoms with E-state index >= 15 is 0 Å². The maximum Gasteiger partial charge on any atom is 0.251 e. The molecule has 0 amide bonds. The topological polar surface area (TPSA) is 18.5 Å². The smallest absolute Gasteiger partial charge is 0.251 e. The summed E-state index contributed by atoms with van der Waals surface area (Å²) in [4.78, 5) is 0. The second kappa shape index (κ2) is 18.4. The van der Waals surface area contributed by atoms with Crippen LogP contribution in [0.4, 0.5) is 0 Å². The largest absolute Gasteiger partial charge is 0.452 e. The van der Waals surface area contributed by atoms with E-state index in [-0.39, 0.29) is 0 Å². The Hall–Kier alpha value is -1.96. The molecule has 2 rings (SSSR count). The molecule has 0 saturated heterocycles. The first-order chi connectivity index (χ1) is 16.8. The molecule has 0 spiro atoms. The molecule has 0 atom stereocenters. The van der Waals surface area contributed by atoms with Crippen molar-refractivity contribution in [2.45, 2.75) is 129 Å². The molecule has 0 aromatic heterocycles. The van der Waals surface area contributed by atoms with Crippen LogP contribution in [0.3, 0.4) is 0 Å². The minimum Gasteiger partial charge on any atom is -0.452 e. The molecular weight excluding hydrogens is 416 g/mol. The normalized spacial score (nSPS) is 11.5. The average Bonchev–Trinajstić information content (AvgIpc) is 2.86. The van der Waals surface area contributed by atoms with Gasteiger partial charge in [0.25, 0.3) is 5.79 Å². The fraction of sp³-hybridized carbons (Fsp3) is 0.625. The fourth-order valence-corrected chi connectivity index (χ4v) is 4.64. The number of benzene rings is 2. The Morgan fingerprint density at radius 2 is 0.765 bits per heavy atom. The van der Waals surface area contributed by atoms with Crippen LogP contribution in [0.1, 0.15) is 123 Å². The van der Waals surface area contributed by atoms with Crippen LogP contribution >= 0.6 is 0 Å². The van der Waals surface area contributed by atoms with Crippen LogP contribution in [0.25, 0.3) is 0 Å². The summed E-state index contributed by atoms with van der Waals surface area (Å²) < 4.78 is 13.4. The van der Waals surface area contributed by atoms with Gasteiger partial charge in [0.2, 0.25) is 0 Å². The summed E-state index contributed by atoms with van der Waals surface area (Å²) in [6.45, 7) is 4.56. The molecule has 0 aliphatic carbocycles. The minimum atomic E-state index is -0.603. The molecule has 2 aromatic rings. The average molecular weight is 467 g/mol. The lowest BCUT2D eigenvalue weighted by atomic mass is 9.98. The standard InChI is InChI=1S/C32H50O2/c1-3-5-7-9-11-13-15-23-29-32(33-30-24-18-16-19-25-30,34-31-26-20-17-21-27-31)28-22-14-12-10-8-6-4-2/h16-21,24-27H,3-15,22-23,28-29H2,1-2H3. The van der Waals surface area contributed by atoms with Crippen LogP contribution in [0.2, 0.25) is 0 Å². The van der Waals surface area contributed by atoms with E-state index in [4.69, 9.17) is 9.47 Å². The van der Waals surface area contributed by atoms with Gasteiger partial charge in [-0.2, -0.15) is 0 Å². The van der Waals surface area contributed by atoms with Gasteiger partial charge < -0.3 is 9.47 Å². The Bertz CT molecular complexity index is 656. The molecule has 0 unspecified atom stereocenters. The highest BCUT2D eigenvalue weighted by molar-refractivity contribution is 5.24. The molecule has 0 heterocycles. The number of hydrogen-bond donors (Lipinski definition) is 0. The lowest BCUT2D eigenvalue weighted by Gasteiger charge is -2.35. The molecule has 0 N–H and O–H groups in total. The third-order valence-corrected chi connectivity index (χ3v) is 6.67. The van der Waals surface area contributed by atoms with Gasteiger partial charge in [-0.25, -0.2) is 0 Å². The van der Waals surface area contributed by atoms with Crippen LogP contribution in [0.5, 0.6) is 11.5 Å². The molecule has 0 fully saturated rings. The second-order valence-corrected chi connectivity index (χ2v) is 9.84. The van der Waals surface area contributed by atoms with Crippen LogP contribution in [-0.2, 0) is 0 Å². The second-order valence-electron chi connectivity index (χ2n) is 9.84. The quantitative estimate of drug-likeness (QED) is 0.134. The lowest BCUT2D eigenvalue weighted by molar-refractivity contribution is -0.128. The van der Waals surface area contributed by atoms with Crippen molar-refractivity contribution in [3.8, 4) is 11.5 Å². The Morgan fingerprint density at radius 1 is 0.441 bits per heavy atom. The van der Waals surface area contributed by atoms with Gasteiger partial charge in [-0.3, -0.25) is 0 Å². The number of rotatable bonds is 21. The number of ether oxygens (including phenoxy) is 2. The third kappa shape index (κ3) is 12.5. The van der Waals surface area contributed by atoms with Crippen molar-refractivity contribution < 1.29 is 9.47 Å². The van der Waals surface area contributed by atoms with Crippen LogP contribution in [-0.4, -0.2) is 5.79 Å². The zero-order valence-electron chi connectivity index (χ0n) is 22.1. The van der Waals surface area contributed by atoms with Crippen molar-refractivity contribution in [1.29, 1.82) is 0 Å². The van der Waals surface area contributed by atoms with Gasteiger partial charge in [-0.1, -0.05) is 134 Å². The first-order valence-electron chi connectivity index (χ1n) is 14.3. The summed E-state index contributed by atoms with van der Waals surface area (Å²) in [6, 6.07) is 20.5. The molecule has 0 aliphatic rings. The van der Waals surface area contributed by atoms with Crippen LogP contribution < -0.4 is 9.47 Å². The third-order valence-electron chi connectivity index (χ3n) is 6.67. The highest BCUT2D eigenvalue weighted by Crippen LogP contribution is 2.32. The van der Waals surface area contributed by atoms with Crippen molar-refractivity contribution in [1.82, 2.24) is 0 Å². The van der Waals surface area contributed by atoms with Gasteiger partial charge in [0.1, 0.15) is 11.5 Å². The van der Waals surface area contributed by atoms with E-state index in [2.05, 4.69) is 38.1 Å². The van der Waals surface area contributed by atoms with Gasteiger partial charge in [0.05, 0.1) is 0 Å². The molecule has 0 saturated carbocycles. The molecule has 2 aromatic carbocycles. The fourth-order valence-electron chi connectivity index (χ4n) is 4.64. The van der Waals surface area contributed by atoms with Gasteiger partial charge in [0, 0.05) is 12.8 Å². The Morgan fingerprint density at radius 3 is 1.12 bits per heavy atom. The van der Waals surface area contributed by atoms with Gasteiger partial charge >= 0.3 is 0 Å². The maximum absolute atomic E-state index is 6.69. The van der Waals surface area contributed by atoms with E-state index in [9.17, 15) is 0 Å². The van der Waals surface area contributed by atoms with Gasteiger partial charge in [-0.15, -0.1) is 0 Å². The summed E-state index contributed by atoms with van der Waals surface area (Å²) in [6.07, 6.45) is 21.4. The first kappa shape index (κ1) is 28.3. The SMILES string of the molecule is CCCCCCCCCCC(CCCCCCCCC)(Oc1ccccc1)Oc1ccccc1.